The summed E-state index contributed by atoms with van der Waals surface area (Å²) in [5, 5.41) is 3.04. The molecule has 0 bridgehead atoms. The van der Waals surface area contributed by atoms with Crippen molar-refractivity contribution in [2.75, 3.05) is 34.0 Å². The van der Waals surface area contributed by atoms with Crippen LogP contribution in [-0.2, 0) is 20.9 Å². The van der Waals surface area contributed by atoms with Crippen LogP contribution in [-0.4, -0.2) is 56.7 Å². The van der Waals surface area contributed by atoms with Gasteiger partial charge in [-0.05, 0) is 30.9 Å². The van der Waals surface area contributed by atoms with Gasteiger partial charge in [0, 0.05) is 18.2 Å². The van der Waals surface area contributed by atoms with Crippen molar-refractivity contribution in [3.05, 3.63) is 23.8 Å². The lowest BCUT2D eigenvalue weighted by Gasteiger charge is -2.35. The summed E-state index contributed by atoms with van der Waals surface area (Å²) in [6, 6.07) is 4.83. The van der Waals surface area contributed by atoms with Gasteiger partial charge in [0.25, 0.3) is 0 Å². The second kappa shape index (κ2) is 9.78. The first kappa shape index (κ1) is 20.5. The smallest absolute Gasteiger partial charge is 0.249 e. The van der Waals surface area contributed by atoms with E-state index in [9.17, 15) is 9.59 Å². The van der Waals surface area contributed by atoms with Crippen LogP contribution in [0.4, 0.5) is 0 Å². The molecule has 1 N–H and O–H groups in total. The minimum absolute atomic E-state index is 0.00905. The van der Waals surface area contributed by atoms with E-state index in [4.69, 9.17) is 14.2 Å². The molecule has 0 aromatic heterocycles. The number of carbonyl (C=O) groups excluding carboxylic acids is 2. The fourth-order valence-corrected chi connectivity index (χ4v) is 3.94. The summed E-state index contributed by atoms with van der Waals surface area (Å²) in [5.74, 6) is 1.50. The van der Waals surface area contributed by atoms with Gasteiger partial charge in [0.2, 0.25) is 11.8 Å². The van der Waals surface area contributed by atoms with Crippen LogP contribution in [0.5, 0.6) is 11.5 Å². The van der Waals surface area contributed by atoms with Gasteiger partial charge in [0.05, 0.1) is 27.4 Å². The normalized spacial score (nSPS) is 20.7. The number of amides is 2. The first-order valence-electron chi connectivity index (χ1n) is 9.98. The topological polar surface area (TPSA) is 77.1 Å². The molecule has 2 aliphatic rings. The van der Waals surface area contributed by atoms with Crippen LogP contribution >= 0.6 is 0 Å². The highest BCUT2D eigenvalue weighted by molar-refractivity contribution is 5.89. The first-order valence-corrected chi connectivity index (χ1v) is 9.98. The summed E-state index contributed by atoms with van der Waals surface area (Å²) >= 11 is 0. The van der Waals surface area contributed by atoms with Gasteiger partial charge in [-0.1, -0.05) is 19.3 Å². The molecule has 28 heavy (non-hydrogen) atoms. The molecule has 1 aromatic carbocycles. The maximum atomic E-state index is 12.8. The summed E-state index contributed by atoms with van der Waals surface area (Å²) in [5.41, 5.74) is 0.823. The van der Waals surface area contributed by atoms with E-state index in [0.717, 1.165) is 18.4 Å². The van der Waals surface area contributed by atoms with Crippen molar-refractivity contribution in [1.82, 2.24) is 10.2 Å². The second-order valence-corrected chi connectivity index (χ2v) is 7.48. The van der Waals surface area contributed by atoms with Crippen LogP contribution in [0.1, 0.15) is 37.7 Å². The fourth-order valence-electron chi connectivity index (χ4n) is 3.94. The quantitative estimate of drug-likeness (QED) is 0.772. The summed E-state index contributed by atoms with van der Waals surface area (Å²) in [7, 11) is 3.17. The number of morpholine rings is 1. The summed E-state index contributed by atoms with van der Waals surface area (Å²) in [6.07, 6.45) is 6.07. The number of ether oxygens (including phenoxy) is 3. The number of rotatable bonds is 7. The summed E-state index contributed by atoms with van der Waals surface area (Å²) in [4.78, 5) is 26.9. The van der Waals surface area contributed by atoms with Crippen LogP contribution in [0, 0.1) is 5.92 Å². The van der Waals surface area contributed by atoms with E-state index in [1.54, 1.807) is 25.2 Å². The number of hydrogen-bond acceptors (Lipinski definition) is 5. The Hall–Kier alpha value is -2.28. The monoisotopic (exact) mass is 390 g/mol. The van der Waals surface area contributed by atoms with E-state index in [1.807, 2.05) is 12.1 Å². The second-order valence-electron chi connectivity index (χ2n) is 7.48. The SMILES string of the molecule is COc1ccc(CN2C(=O)COC[C@H]2C(=O)NCC2CCCCC2)c(OC)c1. The molecule has 2 fully saturated rings. The molecule has 1 aromatic rings. The minimum Gasteiger partial charge on any atom is -0.497 e. The molecule has 2 amide bonds. The largest absolute Gasteiger partial charge is 0.497 e. The summed E-state index contributed by atoms with van der Waals surface area (Å²) < 4.78 is 16.0. The van der Waals surface area contributed by atoms with Crippen LogP contribution in [0.2, 0.25) is 0 Å². The highest BCUT2D eigenvalue weighted by atomic mass is 16.5. The molecule has 154 valence electrons. The highest BCUT2D eigenvalue weighted by Gasteiger charge is 2.34. The van der Waals surface area contributed by atoms with Crippen LogP contribution in [0.15, 0.2) is 18.2 Å². The number of carbonyl (C=O) groups is 2. The van der Waals surface area contributed by atoms with Gasteiger partial charge in [-0.15, -0.1) is 0 Å². The van der Waals surface area contributed by atoms with Crippen molar-refractivity contribution < 1.29 is 23.8 Å². The van der Waals surface area contributed by atoms with Gasteiger partial charge in [0.15, 0.2) is 0 Å². The van der Waals surface area contributed by atoms with Crippen molar-refractivity contribution in [3.8, 4) is 11.5 Å². The zero-order chi connectivity index (χ0) is 19.9. The lowest BCUT2D eigenvalue weighted by Crippen LogP contribution is -2.56. The lowest BCUT2D eigenvalue weighted by molar-refractivity contribution is -0.155. The summed E-state index contributed by atoms with van der Waals surface area (Å²) in [6.45, 7) is 1.16. The van der Waals surface area contributed by atoms with Gasteiger partial charge < -0.3 is 24.4 Å². The van der Waals surface area contributed by atoms with E-state index in [2.05, 4.69) is 5.32 Å². The Morgan fingerprint density at radius 1 is 1.21 bits per heavy atom. The number of benzene rings is 1. The molecule has 1 saturated heterocycles. The third-order valence-corrected chi connectivity index (χ3v) is 5.63. The Balaban J connectivity index is 1.68. The minimum atomic E-state index is -0.628. The number of nitrogens with one attached hydrogen (secondary N) is 1. The fraction of sp³-hybridized carbons (Fsp3) is 0.619. The van der Waals surface area contributed by atoms with E-state index in [1.165, 1.54) is 19.3 Å². The molecule has 1 atom stereocenters. The predicted molar refractivity (Wildman–Crippen MR) is 104 cm³/mol. The van der Waals surface area contributed by atoms with Gasteiger partial charge in [-0.3, -0.25) is 9.59 Å². The molecule has 3 rings (SSSR count). The molecule has 1 aliphatic carbocycles. The molecule has 0 radical (unpaired) electrons. The number of nitrogens with zero attached hydrogens (tertiary/aromatic N) is 1. The maximum Gasteiger partial charge on any atom is 0.249 e. The Morgan fingerprint density at radius 3 is 2.71 bits per heavy atom. The number of methoxy groups -OCH3 is 2. The van der Waals surface area contributed by atoms with Crippen LogP contribution in [0.3, 0.4) is 0 Å². The van der Waals surface area contributed by atoms with Gasteiger partial charge >= 0.3 is 0 Å². The van der Waals surface area contributed by atoms with Gasteiger partial charge in [-0.25, -0.2) is 0 Å². The third kappa shape index (κ3) is 4.95. The molecule has 0 unspecified atom stereocenters. The highest BCUT2D eigenvalue weighted by Crippen LogP contribution is 2.27. The van der Waals surface area contributed by atoms with E-state index in [0.29, 0.717) is 24.0 Å². The van der Waals surface area contributed by atoms with E-state index >= 15 is 0 Å². The van der Waals surface area contributed by atoms with Crippen molar-refractivity contribution >= 4 is 11.8 Å². The van der Waals surface area contributed by atoms with Crippen molar-refractivity contribution in [3.63, 3.8) is 0 Å². The Morgan fingerprint density at radius 2 is 2.00 bits per heavy atom. The molecule has 1 saturated carbocycles. The predicted octanol–water partition coefficient (Wildman–Crippen LogP) is 2.13. The molecule has 1 heterocycles. The average molecular weight is 390 g/mol. The first-order chi connectivity index (χ1) is 13.6. The van der Waals surface area contributed by atoms with Gasteiger partial charge in [-0.2, -0.15) is 0 Å². The molecule has 0 spiro atoms. The molecular formula is C21H30N2O5. The molecule has 7 nitrogen and oxygen atoms in total. The zero-order valence-corrected chi connectivity index (χ0v) is 16.7. The maximum absolute atomic E-state index is 12.8. The Kier molecular flexibility index (Phi) is 7.14. The lowest BCUT2D eigenvalue weighted by atomic mass is 9.89. The molecular weight excluding hydrogens is 360 g/mol. The molecule has 7 heteroatoms. The standard InChI is InChI=1S/C21H30N2O5/c1-26-17-9-8-16(19(10-17)27-2)12-23-18(13-28-14-20(23)24)21(25)22-11-15-6-4-3-5-7-15/h8-10,15,18H,3-7,11-14H2,1-2H3,(H,22,25)/t18-/m0/s1. The van der Waals surface area contributed by atoms with Crippen molar-refractivity contribution in [1.29, 1.82) is 0 Å². The third-order valence-electron chi connectivity index (χ3n) is 5.63. The zero-order valence-electron chi connectivity index (χ0n) is 16.7. The Labute approximate surface area is 166 Å². The van der Waals surface area contributed by atoms with Gasteiger partial charge in [0.1, 0.15) is 24.1 Å². The van der Waals surface area contributed by atoms with E-state index < -0.39 is 6.04 Å². The van der Waals surface area contributed by atoms with E-state index in [-0.39, 0.29) is 31.6 Å². The molecule has 1 aliphatic heterocycles. The number of hydrogen-bond donors (Lipinski definition) is 1. The van der Waals surface area contributed by atoms with Crippen LogP contribution < -0.4 is 14.8 Å². The van der Waals surface area contributed by atoms with Crippen molar-refractivity contribution in [2.24, 2.45) is 5.92 Å². The van der Waals surface area contributed by atoms with Crippen LogP contribution in [0.25, 0.3) is 0 Å². The Bertz CT molecular complexity index is 687. The average Bonchev–Trinajstić information content (AvgIpc) is 2.74. The van der Waals surface area contributed by atoms with Crippen molar-refractivity contribution in [2.45, 2.75) is 44.7 Å².